The lowest BCUT2D eigenvalue weighted by molar-refractivity contribution is 0.0523. The Hall–Kier alpha value is -6.49. The maximum Gasteiger partial charge on any atom is 0.342 e. The third-order valence-corrected chi connectivity index (χ3v) is 11.6. The molecule has 2 heterocycles. The minimum atomic E-state index is -0.857. The van der Waals surface area contributed by atoms with Crippen LogP contribution in [0.3, 0.4) is 0 Å². The number of carbonyl (C=O) groups is 1. The smallest absolute Gasteiger partial charge is 0.342 e. The molecule has 0 radical (unpaired) electrons. The predicted octanol–water partition coefficient (Wildman–Crippen LogP) is 9.95. The normalized spacial score (nSPS) is 11.4. The number of aryl methyl sites for hydroxylation is 3. The van der Waals surface area contributed by atoms with Gasteiger partial charge in [0.25, 0.3) is 0 Å². The van der Waals surface area contributed by atoms with Crippen LogP contribution >= 0.6 is 15.9 Å². The molecule has 0 spiro atoms. The molecule has 0 fully saturated rings. The van der Waals surface area contributed by atoms with E-state index >= 15 is 0 Å². The minimum absolute atomic E-state index is 0.308. The second kappa shape index (κ2) is 19.1. The van der Waals surface area contributed by atoms with E-state index in [-0.39, 0.29) is 5.97 Å². The van der Waals surface area contributed by atoms with Crippen LogP contribution in [0, 0.1) is 0 Å². The Labute approximate surface area is 359 Å². The van der Waals surface area contributed by atoms with Gasteiger partial charge < -0.3 is 10.1 Å². The zero-order chi connectivity index (χ0) is 41.2. The highest BCUT2D eigenvalue weighted by molar-refractivity contribution is 9.10. The van der Waals surface area contributed by atoms with Crippen molar-refractivity contribution in [2.45, 2.75) is 44.8 Å². The van der Waals surface area contributed by atoms with Gasteiger partial charge in [0.1, 0.15) is 15.7 Å². The molecular formula is C50H46BrN7O2. The van der Waals surface area contributed by atoms with Crippen molar-refractivity contribution in [3.05, 3.63) is 214 Å². The summed E-state index contributed by atoms with van der Waals surface area (Å²) < 4.78 is 9.92. The van der Waals surface area contributed by atoms with Crippen molar-refractivity contribution in [1.29, 1.82) is 0 Å². The van der Waals surface area contributed by atoms with Gasteiger partial charge in [-0.25, -0.2) is 9.48 Å². The van der Waals surface area contributed by atoms with Gasteiger partial charge in [-0.3, -0.25) is 4.68 Å². The van der Waals surface area contributed by atoms with Crippen molar-refractivity contribution >= 4 is 21.9 Å². The number of carbonyl (C=O) groups excluding carboxylic acids is 1. The Bertz CT molecular complexity index is 2520. The Balaban J connectivity index is 0.995. The van der Waals surface area contributed by atoms with Crippen LogP contribution in [-0.4, -0.2) is 49.1 Å². The van der Waals surface area contributed by atoms with Gasteiger partial charge in [0, 0.05) is 18.7 Å². The van der Waals surface area contributed by atoms with Crippen LogP contribution in [0.25, 0.3) is 22.5 Å². The quantitative estimate of drug-likeness (QED) is 0.0553. The number of nitrogens with zero attached hydrogens (tertiary/aromatic N) is 6. The highest BCUT2D eigenvalue weighted by Gasteiger charge is 2.42. The highest BCUT2D eigenvalue weighted by atomic mass is 79.9. The molecule has 0 aliphatic carbocycles. The molecule has 2 aromatic heterocycles. The van der Waals surface area contributed by atoms with Gasteiger partial charge in [-0.1, -0.05) is 170 Å². The van der Waals surface area contributed by atoms with Gasteiger partial charge in [-0.15, -0.1) is 5.10 Å². The summed E-state index contributed by atoms with van der Waals surface area (Å²) in [6.45, 7) is 4.24. The maximum absolute atomic E-state index is 13.0. The number of ether oxygens (including phenoxy) is 1. The molecule has 10 heteroatoms. The summed E-state index contributed by atoms with van der Waals surface area (Å²) >= 11 is 3.65. The van der Waals surface area contributed by atoms with Gasteiger partial charge >= 0.3 is 5.97 Å². The molecule has 0 aliphatic rings. The van der Waals surface area contributed by atoms with Crippen molar-refractivity contribution in [3.63, 3.8) is 0 Å². The second-order valence-electron chi connectivity index (χ2n) is 14.5. The molecule has 9 nitrogen and oxygen atoms in total. The first-order valence-corrected chi connectivity index (χ1v) is 21.2. The molecule has 300 valence electrons. The number of benzene rings is 6. The standard InChI is InChI=1S/C50H46BrN7O2/c1-2-60-49(59)46-45(54-57(47(46)51)35-33-37-18-7-3-8-19-37)28-17-34-52-36-38-29-31-39(32-30-38)43-26-15-16-27-44(43)48-53-55-56-58(48)50(40-20-9-4-10-21-40,41-22-11-5-12-23-41)42-24-13-6-14-25-42/h3-16,18-27,29-32,52H,2,17,28,33-36H2,1H3. The number of esters is 1. The highest BCUT2D eigenvalue weighted by Crippen LogP contribution is 2.43. The van der Waals surface area contributed by atoms with Gasteiger partial charge in [-0.2, -0.15) is 5.10 Å². The van der Waals surface area contributed by atoms with Gasteiger partial charge in [0.15, 0.2) is 5.82 Å². The molecule has 8 rings (SSSR count). The van der Waals surface area contributed by atoms with E-state index in [1.165, 1.54) is 5.56 Å². The van der Waals surface area contributed by atoms with E-state index in [4.69, 9.17) is 20.1 Å². The van der Waals surface area contributed by atoms with E-state index in [1.54, 1.807) is 0 Å². The lowest BCUT2D eigenvalue weighted by Gasteiger charge is -2.36. The molecular weight excluding hydrogens is 811 g/mol. The van der Waals surface area contributed by atoms with E-state index in [9.17, 15) is 4.79 Å². The summed E-state index contributed by atoms with van der Waals surface area (Å²) in [6.07, 6.45) is 2.27. The zero-order valence-electron chi connectivity index (χ0n) is 33.5. The van der Waals surface area contributed by atoms with Crippen LogP contribution in [0.4, 0.5) is 0 Å². The fourth-order valence-electron chi connectivity index (χ4n) is 7.93. The lowest BCUT2D eigenvalue weighted by Crippen LogP contribution is -2.39. The molecule has 0 amide bonds. The SMILES string of the molecule is CCOC(=O)c1c(CCCNCc2ccc(-c3ccccc3-c3nnnn3C(c3ccccc3)(c3ccccc3)c3ccccc3)cc2)nn(CCc2ccccc2)c1Br. The predicted molar refractivity (Wildman–Crippen MR) is 239 cm³/mol. The van der Waals surface area contributed by atoms with Crippen LogP contribution < -0.4 is 5.32 Å². The van der Waals surface area contributed by atoms with Crippen LogP contribution in [0.5, 0.6) is 0 Å². The molecule has 0 saturated carbocycles. The maximum atomic E-state index is 13.0. The Morgan fingerprint density at radius 2 is 1.25 bits per heavy atom. The van der Waals surface area contributed by atoms with Gasteiger partial charge in [-0.05, 0) is 98.0 Å². The van der Waals surface area contributed by atoms with Crippen molar-refractivity contribution in [2.75, 3.05) is 13.2 Å². The minimum Gasteiger partial charge on any atom is -0.462 e. The number of tetrazole rings is 1. The van der Waals surface area contributed by atoms with Crippen molar-refractivity contribution < 1.29 is 9.53 Å². The first-order valence-electron chi connectivity index (χ1n) is 20.4. The molecule has 0 saturated heterocycles. The summed E-state index contributed by atoms with van der Waals surface area (Å²) in [5.74, 6) is 0.312. The van der Waals surface area contributed by atoms with Crippen molar-refractivity contribution in [2.24, 2.45) is 0 Å². The molecule has 0 unspecified atom stereocenters. The Morgan fingerprint density at radius 3 is 1.85 bits per heavy atom. The van der Waals surface area contributed by atoms with Crippen LogP contribution in [0.2, 0.25) is 0 Å². The number of halogens is 1. The number of hydrogen-bond donors (Lipinski definition) is 1. The number of aromatic nitrogens is 6. The van der Waals surface area contributed by atoms with Gasteiger partial charge in [0.05, 0.1) is 12.3 Å². The number of hydrogen-bond acceptors (Lipinski definition) is 7. The van der Waals surface area contributed by atoms with Crippen LogP contribution in [0.15, 0.2) is 174 Å². The first-order chi connectivity index (χ1) is 29.6. The third-order valence-electron chi connectivity index (χ3n) is 10.8. The molecule has 6 aromatic carbocycles. The fourth-order valence-corrected chi connectivity index (χ4v) is 8.57. The van der Waals surface area contributed by atoms with E-state index < -0.39 is 5.54 Å². The molecule has 8 aromatic rings. The molecule has 0 aliphatic heterocycles. The number of nitrogens with one attached hydrogen (secondary N) is 1. The summed E-state index contributed by atoms with van der Waals surface area (Å²) in [5, 5.41) is 22.3. The van der Waals surface area contributed by atoms with E-state index in [1.807, 2.05) is 58.8 Å². The summed E-state index contributed by atoms with van der Waals surface area (Å²) in [7, 11) is 0. The Kier molecular flexibility index (Phi) is 12.8. The van der Waals surface area contributed by atoms with Crippen LogP contribution in [-0.2, 0) is 36.2 Å². The first kappa shape index (κ1) is 40.3. The number of rotatable bonds is 17. The van der Waals surface area contributed by atoms with Gasteiger partial charge in [0.2, 0.25) is 0 Å². The monoisotopic (exact) mass is 855 g/mol. The summed E-state index contributed by atoms with van der Waals surface area (Å²) in [4.78, 5) is 13.0. The average Bonchev–Trinajstić information content (AvgIpc) is 3.92. The van der Waals surface area contributed by atoms with Crippen LogP contribution in [0.1, 0.15) is 57.2 Å². The Morgan fingerprint density at radius 1 is 0.683 bits per heavy atom. The largest absolute Gasteiger partial charge is 0.462 e. The second-order valence-corrected chi connectivity index (χ2v) is 15.3. The molecule has 1 N–H and O–H groups in total. The average molecular weight is 857 g/mol. The lowest BCUT2D eigenvalue weighted by atomic mass is 9.77. The molecule has 0 atom stereocenters. The topological polar surface area (TPSA) is 99.8 Å². The van der Waals surface area contributed by atoms with Crippen molar-refractivity contribution in [1.82, 2.24) is 35.3 Å². The van der Waals surface area contributed by atoms with E-state index in [0.717, 1.165) is 64.0 Å². The van der Waals surface area contributed by atoms with E-state index in [2.05, 4.69) is 154 Å². The molecule has 0 bridgehead atoms. The summed E-state index contributed by atoms with van der Waals surface area (Å²) in [6, 6.07) is 58.6. The van der Waals surface area contributed by atoms with Crippen molar-refractivity contribution in [3.8, 4) is 22.5 Å². The third kappa shape index (κ3) is 8.48. The fraction of sp³-hybridized carbons (Fsp3) is 0.180. The van der Waals surface area contributed by atoms with E-state index in [0.29, 0.717) is 42.1 Å². The zero-order valence-corrected chi connectivity index (χ0v) is 35.1. The summed E-state index contributed by atoms with van der Waals surface area (Å²) in [5.41, 5.74) is 8.95. The molecule has 60 heavy (non-hydrogen) atoms.